The third-order valence-electron chi connectivity index (χ3n) is 3.06. The molecular formula is C10H16N4O4. The maximum Gasteiger partial charge on any atom is 0.351 e. The van der Waals surface area contributed by atoms with Gasteiger partial charge in [-0.05, 0) is 6.92 Å². The van der Waals surface area contributed by atoms with Crippen molar-refractivity contribution in [2.45, 2.75) is 31.4 Å². The van der Waals surface area contributed by atoms with Gasteiger partial charge in [0.1, 0.15) is 18.0 Å². The van der Waals surface area contributed by atoms with Crippen molar-refractivity contribution in [3.8, 4) is 0 Å². The first-order valence-electron chi connectivity index (χ1n) is 5.51. The Labute approximate surface area is 103 Å². The minimum atomic E-state index is -1.09. The van der Waals surface area contributed by atoms with E-state index in [0.717, 1.165) is 4.57 Å². The van der Waals surface area contributed by atoms with E-state index >= 15 is 0 Å². The fourth-order valence-corrected chi connectivity index (χ4v) is 1.92. The van der Waals surface area contributed by atoms with Crippen molar-refractivity contribution in [1.82, 2.24) is 9.55 Å². The van der Waals surface area contributed by atoms with Crippen molar-refractivity contribution in [3.63, 3.8) is 0 Å². The third kappa shape index (κ3) is 1.99. The quantitative estimate of drug-likeness (QED) is 0.467. The van der Waals surface area contributed by atoms with E-state index in [9.17, 15) is 9.90 Å². The Morgan fingerprint density at radius 2 is 2.28 bits per heavy atom. The smallest absolute Gasteiger partial charge is 0.351 e. The molecule has 0 bridgehead atoms. The summed E-state index contributed by atoms with van der Waals surface area (Å²) in [6.45, 7) is 1.36. The van der Waals surface area contributed by atoms with Crippen LogP contribution in [0, 0.1) is 6.92 Å². The van der Waals surface area contributed by atoms with Crippen LogP contribution in [-0.4, -0.2) is 44.6 Å². The van der Waals surface area contributed by atoms with E-state index in [0.29, 0.717) is 5.56 Å². The van der Waals surface area contributed by atoms with E-state index in [1.54, 1.807) is 6.92 Å². The lowest BCUT2D eigenvalue weighted by Crippen LogP contribution is -2.42. The molecule has 6 N–H and O–H groups in total. The number of aromatic nitrogens is 2. The number of aliphatic hydroxyl groups excluding tert-OH is 2. The summed E-state index contributed by atoms with van der Waals surface area (Å²) in [5.74, 6) is 0.131. The minimum Gasteiger partial charge on any atom is -0.394 e. The molecule has 1 aliphatic rings. The number of aliphatic hydroxyl groups is 2. The van der Waals surface area contributed by atoms with Crippen LogP contribution in [0.5, 0.6) is 0 Å². The summed E-state index contributed by atoms with van der Waals surface area (Å²) in [4.78, 5) is 15.3. The van der Waals surface area contributed by atoms with Gasteiger partial charge < -0.3 is 26.4 Å². The van der Waals surface area contributed by atoms with Crippen LogP contribution in [0.3, 0.4) is 0 Å². The van der Waals surface area contributed by atoms with Crippen LogP contribution in [0.2, 0.25) is 0 Å². The maximum absolute atomic E-state index is 11.7. The van der Waals surface area contributed by atoms with Crippen molar-refractivity contribution < 1.29 is 14.9 Å². The molecule has 1 aromatic heterocycles. The summed E-state index contributed by atoms with van der Waals surface area (Å²) in [7, 11) is 0. The number of nitrogens with two attached hydrogens (primary N) is 2. The van der Waals surface area contributed by atoms with E-state index in [2.05, 4.69) is 4.98 Å². The first-order valence-corrected chi connectivity index (χ1v) is 5.51. The van der Waals surface area contributed by atoms with Crippen LogP contribution in [0.25, 0.3) is 0 Å². The van der Waals surface area contributed by atoms with E-state index in [1.807, 2.05) is 0 Å². The molecule has 1 aliphatic heterocycles. The lowest BCUT2D eigenvalue weighted by molar-refractivity contribution is -0.0531. The highest BCUT2D eigenvalue weighted by atomic mass is 16.5. The molecule has 1 aromatic rings. The Bertz CT molecular complexity index is 503. The maximum atomic E-state index is 11.7. The Morgan fingerprint density at radius 3 is 2.83 bits per heavy atom. The van der Waals surface area contributed by atoms with E-state index in [4.69, 9.17) is 21.3 Å². The molecule has 4 atom stereocenters. The molecule has 0 radical (unpaired) electrons. The largest absolute Gasteiger partial charge is 0.394 e. The molecule has 2 rings (SSSR count). The number of nitrogen functional groups attached to an aromatic ring is 1. The molecule has 0 aromatic carbocycles. The molecule has 8 nitrogen and oxygen atoms in total. The standard InChI is InChI=1S/C10H16N4O4/c1-4-2-14(10(17)13-8(4)12)9-7(16)6(11)5(3-15)18-9/h2,5-7,9,15-16H,3,11H2,1H3,(H2,12,13,17)/t5-,6?,7?,9-/m1/s1. The zero-order valence-electron chi connectivity index (χ0n) is 9.85. The Morgan fingerprint density at radius 1 is 1.61 bits per heavy atom. The van der Waals surface area contributed by atoms with Crippen LogP contribution in [0.1, 0.15) is 11.8 Å². The van der Waals surface area contributed by atoms with Gasteiger partial charge in [-0.25, -0.2) is 4.79 Å². The van der Waals surface area contributed by atoms with Gasteiger partial charge in [-0.1, -0.05) is 0 Å². The van der Waals surface area contributed by atoms with Gasteiger partial charge in [0.05, 0.1) is 12.6 Å². The molecule has 2 unspecified atom stereocenters. The van der Waals surface area contributed by atoms with Crippen LogP contribution < -0.4 is 17.2 Å². The number of anilines is 1. The molecule has 0 saturated carbocycles. The van der Waals surface area contributed by atoms with Crippen LogP contribution >= 0.6 is 0 Å². The van der Waals surface area contributed by atoms with Crippen molar-refractivity contribution in [3.05, 3.63) is 22.2 Å². The number of rotatable bonds is 2. The molecule has 0 aliphatic carbocycles. The molecule has 1 saturated heterocycles. The van der Waals surface area contributed by atoms with Gasteiger partial charge in [-0.2, -0.15) is 4.98 Å². The van der Waals surface area contributed by atoms with Gasteiger partial charge in [-0.15, -0.1) is 0 Å². The van der Waals surface area contributed by atoms with Gasteiger partial charge in [0, 0.05) is 11.8 Å². The molecule has 8 heteroatoms. The summed E-state index contributed by atoms with van der Waals surface area (Å²) >= 11 is 0. The normalized spacial score (nSPS) is 31.8. The number of hydrogen-bond donors (Lipinski definition) is 4. The predicted octanol–water partition coefficient (Wildman–Crippen LogP) is -2.29. The molecule has 18 heavy (non-hydrogen) atoms. The summed E-state index contributed by atoms with van der Waals surface area (Å²) in [5.41, 5.74) is 11.2. The highest BCUT2D eigenvalue weighted by Gasteiger charge is 2.42. The Kier molecular flexibility index (Phi) is 3.35. The summed E-state index contributed by atoms with van der Waals surface area (Å²) < 4.78 is 6.48. The topological polar surface area (TPSA) is 137 Å². The second kappa shape index (κ2) is 4.65. The SMILES string of the molecule is Cc1cn([C@@H]2O[C@H](CO)C(N)C2O)c(=O)nc1N. The van der Waals surface area contributed by atoms with Crippen molar-refractivity contribution in [2.75, 3.05) is 12.3 Å². The summed E-state index contributed by atoms with van der Waals surface area (Å²) in [6.07, 6.45) is -1.32. The monoisotopic (exact) mass is 256 g/mol. The second-order valence-corrected chi connectivity index (χ2v) is 4.31. The van der Waals surface area contributed by atoms with E-state index < -0.39 is 30.2 Å². The number of hydrogen-bond acceptors (Lipinski definition) is 7. The van der Waals surface area contributed by atoms with Crippen molar-refractivity contribution in [1.29, 1.82) is 0 Å². The number of nitrogens with zero attached hydrogens (tertiary/aromatic N) is 2. The van der Waals surface area contributed by atoms with E-state index in [-0.39, 0.29) is 12.4 Å². The number of ether oxygens (including phenoxy) is 1. The predicted molar refractivity (Wildman–Crippen MR) is 62.6 cm³/mol. The highest BCUT2D eigenvalue weighted by molar-refractivity contribution is 5.35. The lowest BCUT2D eigenvalue weighted by atomic mass is 10.1. The van der Waals surface area contributed by atoms with Crippen molar-refractivity contribution >= 4 is 5.82 Å². The first-order chi connectivity index (χ1) is 8.45. The van der Waals surface area contributed by atoms with Gasteiger partial charge in [0.15, 0.2) is 6.23 Å². The fourth-order valence-electron chi connectivity index (χ4n) is 1.92. The zero-order chi connectivity index (χ0) is 13.4. The first kappa shape index (κ1) is 13.0. The van der Waals surface area contributed by atoms with Gasteiger partial charge in [0.2, 0.25) is 0 Å². The molecule has 2 heterocycles. The molecule has 100 valence electrons. The average Bonchev–Trinajstić information content (AvgIpc) is 2.61. The molecule has 0 amide bonds. The summed E-state index contributed by atoms with van der Waals surface area (Å²) in [5, 5.41) is 19.0. The van der Waals surface area contributed by atoms with E-state index in [1.165, 1.54) is 6.20 Å². The third-order valence-corrected chi connectivity index (χ3v) is 3.06. The molecule has 0 spiro atoms. The number of aryl methyl sites for hydroxylation is 1. The van der Waals surface area contributed by atoms with Gasteiger partial charge in [-0.3, -0.25) is 4.57 Å². The highest BCUT2D eigenvalue weighted by Crippen LogP contribution is 2.27. The second-order valence-electron chi connectivity index (χ2n) is 4.31. The van der Waals surface area contributed by atoms with Gasteiger partial charge >= 0.3 is 5.69 Å². The summed E-state index contributed by atoms with van der Waals surface area (Å²) in [6, 6.07) is -0.759. The molecular weight excluding hydrogens is 240 g/mol. The van der Waals surface area contributed by atoms with Gasteiger partial charge in [0.25, 0.3) is 0 Å². The fraction of sp³-hybridized carbons (Fsp3) is 0.600. The Hall–Kier alpha value is -1.48. The van der Waals surface area contributed by atoms with Crippen molar-refractivity contribution in [2.24, 2.45) is 5.73 Å². The van der Waals surface area contributed by atoms with Crippen LogP contribution in [0.15, 0.2) is 11.0 Å². The van der Waals surface area contributed by atoms with Crippen LogP contribution in [0.4, 0.5) is 5.82 Å². The minimum absolute atomic E-state index is 0.131. The lowest BCUT2D eigenvalue weighted by Gasteiger charge is -2.18. The Balaban J connectivity index is 2.39. The van der Waals surface area contributed by atoms with Crippen LogP contribution in [-0.2, 0) is 4.74 Å². The molecule has 1 fully saturated rings. The average molecular weight is 256 g/mol. The zero-order valence-corrected chi connectivity index (χ0v) is 9.85.